The standard InChI is InChI=1S/C67H126O21/c1-13-23-33-71-43-50-56(75-37-27-17-5)59(77-39-29-19-7)54(70)65(85-50)81-46-49-53(69)60(88-67-63(82-48(12)68)61(78-40-30-20-8)57(76-38-28-18-6)51(86-67)44-72-34-24-14-2)62(79-41-31-21-9)66(83-49)87-58-52(45-73-35-25-15-3)84-64(80-42-32-22-10)47(11)55(58)74-36-26-16-4/h47,49-67,69-70H,13-46H2,1-12H3/t47-,49?,50?,51?,52?,53+,54+,55?,56+,57-,58+,59?,60-,61?,62+,63-,64+,65-,66?,67-/m0/s1. The second-order valence-corrected chi connectivity index (χ2v) is 24.3. The van der Waals surface area contributed by atoms with Gasteiger partial charge in [0, 0.05) is 78.9 Å². The van der Waals surface area contributed by atoms with Gasteiger partial charge in [-0.1, -0.05) is 140 Å². The van der Waals surface area contributed by atoms with Crippen LogP contribution in [0.2, 0.25) is 0 Å². The van der Waals surface area contributed by atoms with E-state index in [0.29, 0.717) is 65.9 Å². The van der Waals surface area contributed by atoms with Crippen molar-refractivity contribution in [3.05, 3.63) is 0 Å². The Hall–Kier alpha value is -1.29. The SMILES string of the molecule is CCCCOCC1O[C@H](OCC2OC(O[C@@H]3C(COCCCC)O[C@@H](OCCCC)[C@@H](C)C3OCCCC)[C@H](OCCCC)[C@@H](O[C@@H]3OC(COCCCC)[C@H](OCCCC)C(OCCCC)[C@@H]3OC(C)=O)[C@@H]2O)[C@H](O)C(OCCCC)[C@@H]1OCCCC. The molecule has 0 aromatic carbocycles. The number of aliphatic hydroxyl groups is 2. The van der Waals surface area contributed by atoms with Crippen molar-refractivity contribution in [1.82, 2.24) is 0 Å². The van der Waals surface area contributed by atoms with E-state index in [0.717, 1.165) is 122 Å². The zero-order chi connectivity index (χ0) is 63.9. The summed E-state index contributed by atoms with van der Waals surface area (Å²) in [6.45, 7) is 28.7. The van der Waals surface area contributed by atoms with Crippen LogP contribution in [0.5, 0.6) is 0 Å². The van der Waals surface area contributed by atoms with Crippen LogP contribution in [0.4, 0.5) is 0 Å². The summed E-state index contributed by atoms with van der Waals surface area (Å²) in [7, 11) is 0. The number of ether oxygens (including phenoxy) is 18. The molecule has 4 aliphatic heterocycles. The molecule has 4 heterocycles. The number of hydrogen-bond acceptors (Lipinski definition) is 21. The number of carbonyl (C=O) groups is 1. The van der Waals surface area contributed by atoms with E-state index in [1.54, 1.807) is 0 Å². The molecular weight excluding hydrogens is 1140 g/mol. The number of rotatable bonds is 51. The average Bonchev–Trinajstić information content (AvgIpc) is 1.63. The summed E-state index contributed by atoms with van der Waals surface area (Å²) in [6, 6.07) is 0. The normalized spacial score (nSPS) is 32.8. The minimum absolute atomic E-state index is 0.123. The van der Waals surface area contributed by atoms with Crippen LogP contribution in [-0.2, 0) is 90.1 Å². The fourth-order valence-electron chi connectivity index (χ4n) is 11.0. The van der Waals surface area contributed by atoms with E-state index in [2.05, 4.69) is 69.2 Å². The summed E-state index contributed by atoms with van der Waals surface area (Å²) < 4.78 is 121. The molecule has 0 amide bonds. The summed E-state index contributed by atoms with van der Waals surface area (Å²) in [5.74, 6) is -0.905. The van der Waals surface area contributed by atoms with Gasteiger partial charge in [-0.15, -0.1) is 0 Å². The van der Waals surface area contributed by atoms with E-state index in [4.69, 9.17) is 85.3 Å². The molecule has 0 bridgehead atoms. The van der Waals surface area contributed by atoms with E-state index < -0.39 is 123 Å². The second-order valence-electron chi connectivity index (χ2n) is 24.3. The highest BCUT2D eigenvalue weighted by Crippen LogP contribution is 2.39. The van der Waals surface area contributed by atoms with Crippen LogP contribution in [0.1, 0.15) is 212 Å². The number of carbonyl (C=O) groups excluding carboxylic acids is 1. The number of hydrogen-bond donors (Lipinski definition) is 2. The van der Waals surface area contributed by atoms with Gasteiger partial charge in [-0.05, 0) is 64.2 Å². The lowest BCUT2D eigenvalue weighted by Crippen LogP contribution is -2.68. The van der Waals surface area contributed by atoms with E-state index in [1.165, 1.54) is 6.92 Å². The Morgan fingerprint density at radius 1 is 0.318 bits per heavy atom. The van der Waals surface area contributed by atoms with Gasteiger partial charge in [0.15, 0.2) is 31.3 Å². The van der Waals surface area contributed by atoms with E-state index in [9.17, 15) is 15.0 Å². The lowest BCUT2D eigenvalue weighted by molar-refractivity contribution is -0.390. The third kappa shape index (κ3) is 26.8. The monoisotopic (exact) mass is 1270 g/mol. The van der Waals surface area contributed by atoms with E-state index in [-0.39, 0.29) is 39.0 Å². The third-order valence-corrected chi connectivity index (χ3v) is 16.5. The van der Waals surface area contributed by atoms with Gasteiger partial charge in [0.2, 0.25) is 0 Å². The van der Waals surface area contributed by atoms with Gasteiger partial charge >= 0.3 is 5.97 Å². The average molecular weight is 1270 g/mol. The van der Waals surface area contributed by atoms with E-state index in [1.807, 2.05) is 6.92 Å². The summed E-state index contributed by atoms with van der Waals surface area (Å²) in [5.41, 5.74) is 0. The third-order valence-electron chi connectivity index (χ3n) is 16.5. The fourth-order valence-corrected chi connectivity index (χ4v) is 11.0. The quantitative estimate of drug-likeness (QED) is 0.0427. The molecule has 8 unspecified atom stereocenters. The number of esters is 1. The maximum Gasteiger partial charge on any atom is 0.303 e. The Kier molecular flexibility index (Phi) is 42.8. The molecule has 4 rings (SSSR count). The van der Waals surface area contributed by atoms with Crippen molar-refractivity contribution in [1.29, 1.82) is 0 Å². The summed E-state index contributed by atoms with van der Waals surface area (Å²) in [5, 5.41) is 25.5. The lowest BCUT2D eigenvalue weighted by Gasteiger charge is -2.51. The van der Waals surface area contributed by atoms with Crippen LogP contribution < -0.4 is 0 Å². The molecule has 20 atom stereocenters. The smallest absolute Gasteiger partial charge is 0.303 e. The van der Waals surface area contributed by atoms with Crippen LogP contribution in [0.25, 0.3) is 0 Å². The predicted octanol–water partition coefficient (Wildman–Crippen LogP) is 10.3. The highest BCUT2D eigenvalue weighted by Gasteiger charge is 2.57. The van der Waals surface area contributed by atoms with Gasteiger partial charge in [-0.25, -0.2) is 0 Å². The van der Waals surface area contributed by atoms with Crippen LogP contribution in [-0.4, -0.2) is 225 Å². The van der Waals surface area contributed by atoms with Gasteiger partial charge in [-0.2, -0.15) is 0 Å². The fraction of sp³-hybridized carbons (Fsp3) is 0.985. The maximum absolute atomic E-state index is 13.4. The molecule has 0 aromatic heterocycles. The van der Waals surface area contributed by atoms with Crippen LogP contribution in [0.3, 0.4) is 0 Å². The van der Waals surface area contributed by atoms with Crippen molar-refractivity contribution in [2.45, 2.75) is 328 Å². The van der Waals surface area contributed by atoms with Crippen LogP contribution in [0.15, 0.2) is 0 Å². The van der Waals surface area contributed by atoms with Gasteiger partial charge in [0.1, 0.15) is 79.4 Å². The molecule has 0 aromatic rings. The minimum Gasteiger partial charge on any atom is -0.454 e. The predicted molar refractivity (Wildman–Crippen MR) is 333 cm³/mol. The first kappa shape index (κ1) is 79.1. The molecule has 520 valence electrons. The van der Waals surface area contributed by atoms with Crippen molar-refractivity contribution < 1.29 is 100 Å². The summed E-state index contributed by atoms with van der Waals surface area (Å²) in [4.78, 5) is 13.4. The number of unbranched alkanes of at least 4 members (excludes halogenated alkanes) is 10. The van der Waals surface area contributed by atoms with Crippen molar-refractivity contribution in [2.75, 3.05) is 92.5 Å². The summed E-state index contributed by atoms with van der Waals surface area (Å²) in [6.07, 6.45) is -2.07. The first-order valence-corrected chi connectivity index (χ1v) is 35.0. The lowest BCUT2D eigenvalue weighted by atomic mass is 9.91. The van der Waals surface area contributed by atoms with Crippen LogP contribution >= 0.6 is 0 Å². The van der Waals surface area contributed by atoms with Gasteiger partial charge in [0.05, 0.1) is 32.5 Å². The van der Waals surface area contributed by atoms with Gasteiger partial charge in [-0.3, -0.25) is 4.79 Å². The topological polar surface area (TPSA) is 224 Å². The van der Waals surface area contributed by atoms with Crippen molar-refractivity contribution in [3.8, 4) is 0 Å². The molecular formula is C67H126O21. The Morgan fingerprint density at radius 2 is 0.659 bits per heavy atom. The summed E-state index contributed by atoms with van der Waals surface area (Å²) >= 11 is 0. The molecule has 0 saturated carbocycles. The van der Waals surface area contributed by atoms with E-state index >= 15 is 0 Å². The van der Waals surface area contributed by atoms with Crippen molar-refractivity contribution >= 4 is 5.97 Å². The molecule has 4 fully saturated rings. The number of aliphatic hydroxyl groups excluding tert-OH is 2. The van der Waals surface area contributed by atoms with Gasteiger partial charge in [0.25, 0.3) is 0 Å². The molecule has 2 N–H and O–H groups in total. The largest absolute Gasteiger partial charge is 0.454 e. The zero-order valence-electron chi connectivity index (χ0n) is 56.7. The van der Waals surface area contributed by atoms with Gasteiger partial charge < -0.3 is 95.5 Å². The molecule has 0 aliphatic carbocycles. The zero-order valence-corrected chi connectivity index (χ0v) is 56.7. The maximum atomic E-state index is 13.4. The van der Waals surface area contributed by atoms with Crippen molar-refractivity contribution in [3.63, 3.8) is 0 Å². The second kappa shape index (κ2) is 47.6. The molecule has 4 aliphatic rings. The molecule has 0 radical (unpaired) electrons. The molecule has 0 spiro atoms. The Labute approximate surface area is 531 Å². The first-order chi connectivity index (χ1) is 42.9. The Bertz CT molecular complexity index is 1690. The first-order valence-electron chi connectivity index (χ1n) is 35.0. The molecule has 88 heavy (non-hydrogen) atoms. The molecule has 4 saturated heterocycles. The Morgan fingerprint density at radius 3 is 1.12 bits per heavy atom. The van der Waals surface area contributed by atoms with Crippen LogP contribution in [0, 0.1) is 5.92 Å². The highest BCUT2D eigenvalue weighted by atomic mass is 16.8. The minimum atomic E-state index is -1.54. The molecule has 21 nitrogen and oxygen atoms in total. The Balaban J connectivity index is 1.93. The highest BCUT2D eigenvalue weighted by molar-refractivity contribution is 5.66. The molecule has 21 heteroatoms. The van der Waals surface area contributed by atoms with Crippen molar-refractivity contribution in [2.24, 2.45) is 5.92 Å².